The van der Waals surface area contributed by atoms with Gasteiger partial charge in [-0.1, -0.05) is 6.07 Å². The molecule has 0 amide bonds. The number of halogens is 3. The lowest BCUT2D eigenvalue weighted by atomic mass is 10.1. The van der Waals surface area contributed by atoms with Crippen molar-refractivity contribution < 1.29 is 22.7 Å². The number of aryl methyl sites for hydroxylation is 1. The average molecular weight is 295 g/mol. The van der Waals surface area contributed by atoms with Crippen LogP contribution in [0.4, 0.5) is 18.9 Å². The van der Waals surface area contributed by atoms with E-state index in [-0.39, 0.29) is 6.61 Å². The van der Waals surface area contributed by atoms with E-state index >= 15 is 0 Å². The highest BCUT2D eigenvalue weighted by molar-refractivity contribution is 5.90. The molecule has 2 rings (SSSR count). The van der Waals surface area contributed by atoms with Crippen LogP contribution < -0.4 is 5.73 Å². The summed E-state index contributed by atoms with van der Waals surface area (Å²) in [5.41, 5.74) is 5.38. The molecule has 0 aliphatic carbocycles. The molecule has 0 atom stereocenters. The summed E-state index contributed by atoms with van der Waals surface area (Å²) in [5.74, 6) is -3.41. The Balaban J connectivity index is 2.15. The Kier molecular flexibility index (Phi) is 4.16. The second-order valence-corrected chi connectivity index (χ2v) is 4.50. The molecule has 0 aliphatic heterocycles. The lowest BCUT2D eigenvalue weighted by molar-refractivity contribution is 0.0466. The van der Waals surface area contributed by atoms with Crippen molar-refractivity contribution in [1.82, 2.24) is 0 Å². The zero-order valence-corrected chi connectivity index (χ0v) is 11.1. The number of benzene rings is 2. The maximum Gasteiger partial charge on any atom is 0.341 e. The predicted octanol–water partition coefficient (Wildman–Crippen LogP) is 3.35. The molecule has 0 saturated carbocycles. The number of esters is 1. The summed E-state index contributed by atoms with van der Waals surface area (Å²) in [6.45, 7) is 1.47. The summed E-state index contributed by atoms with van der Waals surface area (Å²) >= 11 is 0. The Hall–Kier alpha value is -2.50. The van der Waals surface area contributed by atoms with Gasteiger partial charge in [0.25, 0.3) is 0 Å². The third-order valence-electron chi connectivity index (χ3n) is 2.98. The lowest BCUT2D eigenvalue weighted by Gasteiger charge is -2.09. The van der Waals surface area contributed by atoms with Crippen molar-refractivity contribution in [2.45, 2.75) is 13.5 Å². The van der Waals surface area contributed by atoms with E-state index in [9.17, 15) is 18.0 Å². The number of carbonyl (C=O) groups excluding carboxylic acids is 1. The first kappa shape index (κ1) is 14.9. The molecular weight excluding hydrogens is 283 g/mol. The molecule has 2 aromatic rings. The van der Waals surface area contributed by atoms with Gasteiger partial charge in [-0.3, -0.25) is 0 Å². The molecule has 3 nitrogen and oxygen atoms in total. The standard InChI is InChI=1S/C15H12F3NO2/c1-8-2-3-10(16)4-9(8)7-21-15(20)11-5-13(18)14(19)6-12(11)17/h2-6H,7,19H2,1H3. The fourth-order valence-corrected chi connectivity index (χ4v) is 1.74. The van der Waals surface area contributed by atoms with Gasteiger partial charge in [-0.2, -0.15) is 0 Å². The summed E-state index contributed by atoms with van der Waals surface area (Å²) in [6, 6.07) is 5.39. The second-order valence-electron chi connectivity index (χ2n) is 4.50. The van der Waals surface area contributed by atoms with Crippen LogP contribution in [0.2, 0.25) is 0 Å². The van der Waals surface area contributed by atoms with Gasteiger partial charge in [0.1, 0.15) is 24.1 Å². The molecule has 0 heterocycles. The van der Waals surface area contributed by atoms with Gasteiger partial charge in [0.2, 0.25) is 0 Å². The third kappa shape index (κ3) is 3.34. The zero-order chi connectivity index (χ0) is 15.6. The number of carbonyl (C=O) groups is 1. The highest BCUT2D eigenvalue weighted by Gasteiger charge is 2.17. The minimum absolute atomic E-state index is 0.242. The van der Waals surface area contributed by atoms with Crippen LogP contribution in [0.15, 0.2) is 30.3 Å². The van der Waals surface area contributed by atoms with Gasteiger partial charge in [-0.25, -0.2) is 18.0 Å². The lowest BCUT2D eigenvalue weighted by Crippen LogP contribution is -2.10. The quantitative estimate of drug-likeness (QED) is 0.698. The Morgan fingerprint density at radius 3 is 2.57 bits per heavy atom. The van der Waals surface area contributed by atoms with E-state index in [0.29, 0.717) is 23.3 Å². The number of nitrogen functional groups attached to an aromatic ring is 1. The SMILES string of the molecule is Cc1ccc(F)cc1COC(=O)c1cc(F)c(N)cc1F. The van der Waals surface area contributed by atoms with E-state index in [4.69, 9.17) is 10.5 Å². The first-order valence-corrected chi connectivity index (χ1v) is 6.05. The van der Waals surface area contributed by atoms with E-state index in [2.05, 4.69) is 0 Å². The van der Waals surface area contributed by atoms with Crippen LogP contribution in [0, 0.1) is 24.4 Å². The minimum Gasteiger partial charge on any atom is -0.457 e. The van der Waals surface area contributed by atoms with E-state index in [0.717, 1.165) is 0 Å². The molecule has 0 unspecified atom stereocenters. The molecule has 21 heavy (non-hydrogen) atoms. The monoisotopic (exact) mass is 295 g/mol. The molecular formula is C15H12F3NO2. The van der Waals surface area contributed by atoms with Gasteiger partial charge >= 0.3 is 5.97 Å². The van der Waals surface area contributed by atoms with Crippen LogP contribution in [0.5, 0.6) is 0 Å². The van der Waals surface area contributed by atoms with Gasteiger partial charge in [0.05, 0.1) is 11.3 Å². The van der Waals surface area contributed by atoms with Gasteiger partial charge < -0.3 is 10.5 Å². The summed E-state index contributed by atoms with van der Waals surface area (Å²) in [4.78, 5) is 11.7. The van der Waals surface area contributed by atoms with Crippen molar-refractivity contribution in [3.05, 3.63) is 64.5 Å². The summed E-state index contributed by atoms with van der Waals surface area (Å²) in [5, 5.41) is 0. The highest BCUT2D eigenvalue weighted by Crippen LogP contribution is 2.18. The fourth-order valence-electron chi connectivity index (χ4n) is 1.74. The number of ether oxygens (including phenoxy) is 1. The van der Waals surface area contributed by atoms with E-state index in [1.807, 2.05) is 0 Å². The summed E-state index contributed by atoms with van der Waals surface area (Å²) in [7, 11) is 0. The molecule has 110 valence electrons. The van der Waals surface area contributed by atoms with Crippen molar-refractivity contribution in [2.24, 2.45) is 0 Å². The number of nitrogens with two attached hydrogens (primary N) is 1. The van der Waals surface area contributed by atoms with Gasteiger partial charge in [-0.05, 0) is 36.2 Å². The minimum atomic E-state index is -1.05. The topological polar surface area (TPSA) is 52.3 Å². The van der Waals surface area contributed by atoms with Crippen molar-refractivity contribution >= 4 is 11.7 Å². The van der Waals surface area contributed by atoms with Crippen LogP contribution >= 0.6 is 0 Å². The molecule has 0 aromatic heterocycles. The van der Waals surface area contributed by atoms with Crippen LogP contribution in [0.1, 0.15) is 21.5 Å². The molecule has 2 N–H and O–H groups in total. The van der Waals surface area contributed by atoms with Gasteiger partial charge in [0.15, 0.2) is 0 Å². The van der Waals surface area contributed by atoms with Crippen LogP contribution in [0.3, 0.4) is 0 Å². The fraction of sp³-hybridized carbons (Fsp3) is 0.133. The molecule has 2 aromatic carbocycles. The predicted molar refractivity (Wildman–Crippen MR) is 71.0 cm³/mol. The van der Waals surface area contributed by atoms with Crippen LogP contribution in [0.25, 0.3) is 0 Å². The van der Waals surface area contributed by atoms with E-state index < -0.39 is 34.7 Å². The Bertz CT molecular complexity index is 702. The molecule has 0 bridgehead atoms. The van der Waals surface area contributed by atoms with Crippen molar-refractivity contribution in [3.8, 4) is 0 Å². The van der Waals surface area contributed by atoms with Gasteiger partial charge in [-0.15, -0.1) is 0 Å². The second kappa shape index (κ2) is 5.87. The Morgan fingerprint density at radius 1 is 1.14 bits per heavy atom. The first-order valence-electron chi connectivity index (χ1n) is 6.05. The normalized spacial score (nSPS) is 10.5. The average Bonchev–Trinajstić information content (AvgIpc) is 2.43. The number of hydrogen-bond donors (Lipinski definition) is 1. The number of anilines is 1. The van der Waals surface area contributed by atoms with E-state index in [1.54, 1.807) is 6.92 Å². The zero-order valence-electron chi connectivity index (χ0n) is 11.1. The summed E-state index contributed by atoms with van der Waals surface area (Å²) in [6.07, 6.45) is 0. The van der Waals surface area contributed by atoms with Crippen molar-refractivity contribution in [2.75, 3.05) is 5.73 Å². The molecule has 0 fully saturated rings. The van der Waals surface area contributed by atoms with E-state index in [1.165, 1.54) is 18.2 Å². The van der Waals surface area contributed by atoms with Crippen molar-refractivity contribution in [1.29, 1.82) is 0 Å². The molecule has 0 saturated heterocycles. The maximum absolute atomic E-state index is 13.5. The molecule has 0 radical (unpaired) electrons. The smallest absolute Gasteiger partial charge is 0.341 e. The molecule has 0 aliphatic rings. The highest BCUT2D eigenvalue weighted by atomic mass is 19.1. The largest absolute Gasteiger partial charge is 0.457 e. The van der Waals surface area contributed by atoms with Gasteiger partial charge in [0, 0.05) is 6.07 Å². The third-order valence-corrected chi connectivity index (χ3v) is 2.98. The van der Waals surface area contributed by atoms with Crippen LogP contribution in [-0.2, 0) is 11.3 Å². The molecule has 6 heteroatoms. The van der Waals surface area contributed by atoms with Crippen molar-refractivity contribution in [3.63, 3.8) is 0 Å². The molecule has 0 spiro atoms. The first-order chi connectivity index (χ1) is 9.88. The Labute approximate surface area is 119 Å². The van der Waals surface area contributed by atoms with Crippen LogP contribution in [-0.4, -0.2) is 5.97 Å². The number of hydrogen-bond acceptors (Lipinski definition) is 3. The number of rotatable bonds is 3. The Morgan fingerprint density at radius 2 is 1.86 bits per heavy atom. The maximum atomic E-state index is 13.5. The summed E-state index contributed by atoms with van der Waals surface area (Å²) < 4.78 is 44.8.